The summed E-state index contributed by atoms with van der Waals surface area (Å²) in [6, 6.07) is 24.5. The summed E-state index contributed by atoms with van der Waals surface area (Å²) in [5, 5.41) is 9.66. The third kappa shape index (κ3) is 6.11. The fraction of sp³-hybridized carbons (Fsp3) is 0.194. The van der Waals surface area contributed by atoms with Gasteiger partial charge in [-0.05, 0) is 84.1 Å². The van der Waals surface area contributed by atoms with Crippen LogP contribution in [0.2, 0.25) is 0 Å². The smallest absolute Gasteiger partial charge is 0.150 e. The maximum absolute atomic E-state index is 11.2. The summed E-state index contributed by atoms with van der Waals surface area (Å²) >= 11 is 0. The number of carbonyl (C=O) groups excluding carboxylic acids is 1. The van der Waals surface area contributed by atoms with Crippen molar-refractivity contribution in [3.63, 3.8) is 0 Å². The van der Waals surface area contributed by atoms with Crippen molar-refractivity contribution in [2.75, 3.05) is 21.3 Å². The van der Waals surface area contributed by atoms with Gasteiger partial charge < -0.3 is 24.1 Å². The monoisotopic (exact) mass is 498 g/mol. The molecule has 0 atom stereocenters. The van der Waals surface area contributed by atoms with E-state index in [1.165, 1.54) is 0 Å². The van der Waals surface area contributed by atoms with Crippen molar-refractivity contribution in [2.24, 2.45) is 0 Å². The second-order valence-electron chi connectivity index (χ2n) is 8.49. The molecule has 0 aliphatic rings. The largest absolute Gasteiger partial charge is 0.497 e. The van der Waals surface area contributed by atoms with Gasteiger partial charge in [-0.1, -0.05) is 24.3 Å². The van der Waals surface area contributed by atoms with E-state index in [4.69, 9.17) is 18.9 Å². The van der Waals surface area contributed by atoms with E-state index in [0.717, 1.165) is 52.0 Å². The molecule has 190 valence electrons. The summed E-state index contributed by atoms with van der Waals surface area (Å²) < 4.78 is 22.8. The number of hydrogen-bond donors (Lipinski definition) is 1. The first-order chi connectivity index (χ1) is 18.1. The van der Waals surface area contributed by atoms with Crippen molar-refractivity contribution in [1.29, 1.82) is 0 Å². The number of carbonyl (C=O) groups is 1. The molecule has 0 spiro atoms. The molecule has 1 N–H and O–H groups in total. The van der Waals surface area contributed by atoms with Gasteiger partial charge in [-0.15, -0.1) is 0 Å². The van der Waals surface area contributed by atoms with Crippen LogP contribution < -0.4 is 18.9 Å². The predicted molar refractivity (Wildman–Crippen MR) is 143 cm³/mol. The summed E-state index contributed by atoms with van der Waals surface area (Å²) in [7, 11) is 4.90. The predicted octanol–water partition coefficient (Wildman–Crippen LogP) is 6.26. The highest BCUT2D eigenvalue weighted by Crippen LogP contribution is 2.38. The van der Waals surface area contributed by atoms with Crippen LogP contribution in [0.15, 0.2) is 78.9 Å². The van der Waals surface area contributed by atoms with Crippen LogP contribution in [0.25, 0.3) is 11.1 Å². The van der Waals surface area contributed by atoms with Gasteiger partial charge >= 0.3 is 0 Å². The van der Waals surface area contributed by atoms with Crippen molar-refractivity contribution < 1.29 is 28.8 Å². The van der Waals surface area contributed by atoms with Gasteiger partial charge in [0.1, 0.15) is 35.0 Å². The minimum absolute atomic E-state index is 0.0621. The highest BCUT2D eigenvalue weighted by atomic mass is 16.5. The zero-order valence-electron chi connectivity index (χ0n) is 21.2. The topological polar surface area (TPSA) is 74.2 Å². The Labute approximate surface area is 217 Å². The Morgan fingerprint density at radius 3 is 2.00 bits per heavy atom. The summed E-state index contributed by atoms with van der Waals surface area (Å²) in [5.41, 5.74) is 5.17. The highest BCUT2D eigenvalue weighted by Gasteiger charge is 2.14. The van der Waals surface area contributed by atoms with E-state index in [-0.39, 0.29) is 6.61 Å². The lowest BCUT2D eigenvalue weighted by atomic mass is 9.96. The molecule has 0 aromatic heterocycles. The fourth-order valence-electron chi connectivity index (χ4n) is 4.22. The number of aryl methyl sites for hydroxylation is 2. The Bertz CT molecular complexity index is 1380. The molecule has 0 heterocycles. The molecule has 4 rings (SSSR count). The molecule has 0 fully saturated rings. The number of benzene rings is 4. The molecule has 0 amide bonds. The molecule has 0 radical (unpaired) electrons. The molecule has 6 heteroatoms. The van der Waals surface area contributed by atoms with Gasteiger partial charge in [-0.25, -0.2) is 0 Å². The first-order valence-electron chi connectivity index (χ1n) is 11.9. The minimum Gasteiger partial charge on any atom is -0.497 e. The van der Waals surface area contributed by atoms with Gasteiger partial charge in [-0.3, -0.25) is 4.79 Å². The normalized spacial score (nSPS) is 10.6. The summed E-state index contributed by atoms with van der Waals surface area (Å²) in [6.45, 7) is -0.0621. The van der Waals surface area contributed by atoms with Crippen molar-refractivity contribution in [3.8, 4) is 39.9 Å². The quantitative estimate of drug-likeness (QED) is 0.246. The van der Waals surface area contributed by atoms with Gasteiger partial charge in [0.05, 0.1) is 27.9 Å². The van der Waals surface area contributed by atoms with Crippen LogP contribution >= 0.6 is 0 Å². The maximum Gasteiger partial charge on any atom is 0.150 e. The molecule has 0 saturated carbocycles. The molecule has 4 aromatic rings. The van der Waals surface area contributed by atoms with Crippen LogP contribution in [-0.4, -0.2) is 32.7 Å². The van der Waals surface area contributed by atoms with Gasteiger partial charge in [0, 0.05) is 16.7 Å². The van der Waals surface area contributed by atoms with Crippen molar-refractivity contribution >= 4 is 6.29 Å². The van der Waals surface area contributed by atoms with Crippen LogP contribution in [0.3, 0.4) is 0 Å². The molecule has 0 aliphatic carbocycles. The van der Waals surface area contributed by atoms with Gasteiger partial charge in [0.25, 0.3) is 0 Å². The lowest BCUT2D eigenvalue weighted by Gasteiger charge is -2.16. The number of aliphatic hydroxyl groups is 1. The lowest BCUT2D eigenvalue weighted by Crippen LogP contribution is -1.99. The highest BCUT2D eigenvalue weighted by molar-refractivity contribution is 5.77. The second kappa shape index (κ2) is 12.1. The summed E-state index contributed by atoms with van der Waals surface area (Å²) in [5.74, 6) is 3.46. The second-order valence-corrected chi connectivity index (χ2v) is 8.49. The third-order valence-corrected chi connectivity index (χ3v) is 6.17. The molecule has 0 unspecified atom stereocenters. The van der Waals surface area contributed by atoms with Crippen LogP contribution in [0.1, 0.15) is 27.0 Å². The molecule has 4 aromatic carbocycles. The number of hydrogen-bond acceptors (Lipinski definition) is 6. The Kier molecular flexibility index (Phi) is 8.44. The van der Waals surface area contributed by atoms with Gasteiger partial charge in [-0.2, -0.15) is 0 Å². The van der Waals surface area contributed by atoms with Crippen LogP contribution in [0, 0.1) is 0 Å². The molecule has 0 saturated heterocycles. The first-order valence-corrected chi connectivity index (χ1v) is 11.9. The zero-order valence-corrected chi connectivity index (χ0v) is 21.2. The average Bonchev–Trinajstić information content (AvgIpc) is 2.96. The van der Waals surface area contributed by atoms with E-state index in [9.17, 15) is 9.90 Å². The molecule has 37 heavy (non-hydrogen) atoms. The minimum atomic E-state index is -0.0621. The van der Waals surface area contributed by atoms with Gasteiger partial charge in [0.2, 0.25) is 0 Å². The van der Waals surface area contributed by atoms with E-state index in [1.807, 2.05) is 54.6 Å². The maximum atomic E-state index is 11.2. The molecular weight excluding hydrogens is 468 g/mol. The van der Waals surface area contributed by atoms with Crippen molar-refractivity contribution in [1.82, 2.24) is 0 Å². The Morgan fingerprint density at radius 2 is 1.35 bits per heavy atom. The van der Waals surface area contributed by atoms with E-state index >= 15 is 0 Å². The SMILES string of the molecule is COc1ccc(Oc2cccc(C=O)c2)c(CCc2ccc(OC)c(-c3cc(CO)ccc3OC)c2)c1. The van der Waals surface area contributed by atoms with Crippen LogP contribution in [0.5, 0.6) is 28.7 Å². The molecule has 0 bridgehead atoms. The van der Waals surface area contributed by atoms with Crippen molar-refractivity contribution in [2.45, 2.75) is 19.4 Å². The number of methoxy groups -OCH3 is 3. The van der Waals surface area contributed by atoms with Crippen LogP contribution in [-0.2, 0) is 19.4 Å². The fourth-order valence-corrected chi connectivity index (χ4v) is 4.22. The lowest BCUT2D eigenvalue weighted by molar-refractivity contribution is 0.112. The number of rotatable bonds is 11. The average molecular weight is 499 g/mol. The van der Waals surface area contributed by atoms with E-state index < -0.39 is 0 Å². The number of aliphatic hydroxyl groups excluding tert-OH is 1. The zero-order chi connectivity index (χ0) is 26.2. The van der Waals surface area contributed by atoms with E-state index in [1.54, 1.807) is 39.5 Å². The molecule has 6 nitrogen and oxygen atoms in total. The first kappa shape index (κ1) is 25.8. The Balaban J connectivity index is 1.64. The summed E-state index contributed by atoms with van der Waals surface area (Å²) in [4.78, 5) is 11.2. The number of ether oxygens (including phenoxy) is 4. The van der Waals surface area contributed by atoms with E-state index in [2.05, 4.69) is 6.07 Å². The standard InChI is InChI=1S/C31H30O6/c1-34-25-11-14-29(37-26-6-4-5-22(15-26)19-32)24(18-25)10-7-21-8-12-30(35-2)27(16-21)28-17-23(20-33)9-13-31(28)36-3/h4-6,8-9,11-19,33H,7,10,20H2,1-3H3. The van der Waals surface area contributed by atoms with Gasteiger partial charge in [0.15, 0.2) is 0 Å². The molecular formula is C31H30O6. The summed E-state index contributed by atoms with van der Waals surface area (Å²) in [6.07, 6.45) is 2.23. The number of aldehydes is 1. The van der Waals surface area contributed by atoms with E-state index in [0.29, 0.717) is 29.2 Å². The third-order valence-electron chi connectivity index (χ3n) is 6.17. The Hall–Kier alpha value is -4.29. The van der Waals surface area contributed by atoms with Crippen molar-refractivity contribution in [3.05, 3.63) is 101 Å². The van der Waals surface area contributed by atoms with Crippen LogP contribution in [0.4, 0.5) is 0 Å². The Morgan fingerprint density at radius 1 is 0.676 bits per heavy atom. The molecule has 0 aliphatic heterocycles.